The first kappa shape index (κ1) is 10.9. The Labute approximate surface area is 98.8 Å². The third-order valence-electron chi connectivity index (χ3n) is 2.75. The summed E-state index contributed by atoms with van der Waals surface area (Å²) in [7, 11) is 0. The number of amides is 1. The molecule has 17 heavy (non-hydrogen) atoms. The molecule has 1 aliphatic heterocycles. The average molecular weight is 223 g/mol. The molecule has 4 heteroatoms. The molecule has 0 radical (unpaired) electrons. The van der Waals surface area contributed by atoms with Crippen LogP contribution < -0.4 is 5.32 Å². The zero-order valence-electron chi connectivity index (χ0n) is 8.92. The van der Waals surface area contributed by atoms with Crippen LogP contribution in [0.15, 0.2) is 42.1 Å². The highest BCUT2D eigenvalue weighted by atomic mass is 16.1. The maximum absolute atomic E-state index is 11.6. The monoisotopic (exact) mass is 223 g/mol. The van der Waals surface area contributed by atoms with Crippen LogP contribution in [0.4, 0.5) is 0 Å². The molecule has 2 atom stereocenters. The van der Waals surface area contributed by atoms with Crippen molar-refractivity contribution in [1.29, 1.82) is 10.5 Å². The summed E-state index contributed by atoms with van der Waals surface area (Å²) in [6.45, 7) is 0. The van der Waals surface area contributed by atoms with Gasteiger partial charge in [0.25, 0.3) is 0 Å². The van der Waals surface area contributed by atoms with Gasteiger partial charge in [0.2, 0.25) is 5.91 Å². The van der Waals surface area contributed by atoms with Crippen LogP contribution in [0.25, 0.3) is 0 Å². The van der Waals surface area contributed by atoms with Crippen molar-refractivity contribution in [2.45, 2.75) is 5.92 Å². The number of nitrogens with zero attached hydrogens (tertiary/aromatic N) is 2. The molecular formula is C13H9N3O. The molecule has 82 valence electrons. The second kappa shape index (κ2) is 4.51. The number of allylic oxidation sites excluding steroid dienone is 1. The largest absolute Gasteiger partial charge is 0.330 e. The van der Waals surface area contributed by atoms with Crippen LogP contribution in [0.3, 0.4) is 0 Å². The van der Waals surface area contributed by atoms with Gasteiger partial charge in [0, 0.05) is 12.1 Å². The Balaban J connectivity index is 2.51. The summed E-state index contributed by atoms with van der Waals surface area (Å²) in [6.07, 6.45) is 1.38. The predicted octanol–water partition coefficient (Wildman–Crippen LogP) is 1.45. The summed E-state index contributed by atoms with van der Waals surface area (Å²) in [5.74, 6) is -1.68. The van der Waals surface area contributed by atoms with Crippen LogP contribution in [0.1, 0.15) is 11.5 Å². The van der Waals surface area contributed by atoms with Gasteiger partial charge in [0.1, 0.15) is 5.92 Å². The summed E-state index contributed by atoms with van der Waals surface area (Å²) in [4.78, 5) is 11.6. The first-order valence-electron chi connectivity index (χ1n) is 5.13. The zero-order valence-corrected chi connectivity index (χ0v) is 8.92. The molecule has 1 aromatic rings. The quantitative estimate of drug-likeness (QED) is 0.782. The highest BCUT2D eigenvalue weighted by Gasteiger charge is 2.35. The Bertz CT molecular complexity index is 548. The standard InChI is InChI=1S/C13H9N3O/c14-6-10-8-16-13(17)11(7-15)12(10)9-4-2-1-3-5-9/h1-5,8,11-12H,(H,16,17). The fourth-order valence-corrected chi connectivity index (χ4v) is 1.93. The predicted molar refractivity (Wildman–Crippen MR) is 60.1 cm³/mol. The van der Waals surface area contributed by atoms with E-state index in [-0.39, 0.29) is 5.91 Å². The van der Waals surface area contributed by atoms with Gasteiger partial charge in [-0.2, -0.15) is 10.5 Å². The maximum atomic E-state index is 11.6. The average Bonchev–Trinajstić information content (AvgIpc) is 2.39. The molecule has 0 aliphatic carbocycles. The van der Waals surface area contributed by atoms with Crippen molar-refractivity contribution in [3.8, 4) is 12.1 Å². The second-order valence-corrected chi connectivity index (χ2v) is 3.72. The molecule has 0 aromatic heterocycles. The Morgan fingerprint density at radius 1 is 1.18 bits per heavy atom. The van der Waals surface area contributed by atoms with Gasteiger partial charge < -0.3 is 5.32 Å². The van der Waals surface area contributed by atoms with Gasteiger partial charge >= 0.3 is 0 Å². The maximum Gasteiger partial charge on any atom is 0.242 e. The van der Waals surface area contributed by atoms with Crippen LogP contribution >= 0.6 is 0 Å². The molecule has 2 unspecified atom stereocenters. The molecule has 1 aromatic carbocycles. The van der Waals surface area contributed by atoms with E-state index in [1.165, 1.54) is 6.20 Å². The Kier molecular flexibility index (Phi) is 2.89. The van der Waals surface area contributed by atoms with Gasteiger partial charge in [-0.25, -0.2) is 0 Å². The number of rotatable bonds is 1. The number of carbonyl (C=O) groups excluding carboxylic acids is 1. The van der Waals surface area contributed by atoms with Crippen LogP contribution in [0.2, 0.25) is 0 Å². The third-order valence-corrected chi connectivity index (χ3v) is 2.75. The highest BCUT2D eigenvalue weighted by molar-refractivity contribution is 5.85. The first-order chi connectivity index (χ1) is 8.27. The molecule has 1 heterocycles. The van der Waals surface area contributed by atoms with Gasteiger partial charge in [-0.3, -0.25) is 4.79 Å². The van der Waals surface area contributed by atoms with Crippen LogP contribution in [-0.2, 0) is 4.79 Å². The normalized spacial score (nSPS) is 22.9. The van der Waals surface area contributed by atoms with E-state index in [9.17, 15) is 4.79 Å². The molecule has 2 rings (SSSR count). The number of hydrogen-bond donors (Lipinski definition) is 1. The van der Waals surface area contributed by atoms with Crippen LogP contribution in [0.5, 0.6) is 0 Å². The third kappa shape index (κ3) is 1.89. The smallest absolute Gasteiger partial charge is 0.242 e. The van der Waals surface area contributed by atoms with Crippen molar-refractivity contribution in [1.82, 2.24) is 5.32 Å². The number of hydrogen-bond acceptors (Lipinski definition) is 3. The van der Waals surface area contributed by atoms with E-state index in [2.05, 4.69) is 5.32 Å². The van der Waals surface area contributed by atoms with Gasteiger partial charge in [0.15, 0.2) is 0 Å². The second-order valence-electron chi connectivity index (χ2n) is 3.72. The minimum atomic E-state index is -0.850. The minimum absolute atomic E-state index is 0.361. The van der Waals surface area contributed by atoms with Gasteiger partial charge in [-0.05, 0) is 5.56 Å². The lowest BCUT2D eigenvalue weighted by molar-refractivity contribution is -0.123. The van der Waals surface area contributed by atoms with Crippen molar-refractivity contribution in [3.63, 3.8) is 0 Å². The molecule has 4 nitrogen and oxygen atoms in total. The number of nitrogens with one attached hydrogen (secondary N) is 1. The molecule has 1 aliphatic rings. The van der Waals surface area contributed by atoms with E-state index < -0.39 is 11.8 Å². The highest BCUT2D eigenvalue weighted by Crippen LogP contribution is 2.33. The lowest BCUT2D eigenvalue weighted by Crippen LogP contribution is -2.35. The molecule has 0 saturated carbocycles. The lowest BCUT2D eigenvalue weighted by atomic mass is 9.79. The summed E-state index contributed by atoms with van der Waals surface area (Å²) in [5, 5.41) is 20.5. The van der Waals surface area contributed by atoms with Crippen LogP contribution in [-0.4, -0.2) is 5.91 Å². The molecule has 0 saturated heterocycles. The minimum Gasteiger partial charge on any atom is -0.330 e. The van der Waals surface area contributed by atoms with Crippen molar-refractivity contribution in [2.75, 3.05) is 0 Å². The topological polar surface area (TPSA) is 76.7 Å². The molecule has 1 amide bonds. The molecule has 1 N–H and O–H groups in total. The van der Waals surface area contributed by atoms with Gasteiger partial charge in [-0.1, -0.05) is 30.3 Å². The molecular weight excluding hydrogens is 214 g/mol. The van der Waals surface area contributed by atoms with E-state index in [0.29, 0.717) is 5.57 Å². The van der Waals surface area contributed by atoms with Crippen molar-refractivity contribution >= 4 is 5.91 Å². The van der Waals surface area contributed by atoms with E-state index in [1.54, 1.807) is 0 Å². The Morgan fingerprint density at radius 3 is 2.47 bits per heavy atom. The van der Waals surface area contributed by atoms with Crippen molar-refractivity contribution in [3.05, 3.63) is 47.7 Å². The van der Waals surface area contributed by atoms with Gasteiger partial charge in [0.05, 0.1) is 17.7 Å². The van der Waals surface area contributed by atoms with E-state index >= 15 is 0 Å². The summed E-state index contributed by atoms with van der Waals surface area (Å²) >= 11 is 0. The zero-order chi connectivity index (χ0) is 12.3. The van der Waals surface area contributed by atoms with E-state index in [0.717, 1.165) is 5.56 Å². The van der Waals surface area contributed by atoms with Crippen molar-refractivity contribution < 1.29 is 4.79 Å². The fraction of sp³-hybridized carbons (Fsp3) is 0.154. The summed E-state index contributed by atoms with van der Waals surface area (Å²) in [6, 6.07) is 13.1. The van der Waals surface area contributed by atoms with Crippen molar-refractivity contribution in [2.24, 2.45) is 5.92 Å². The fourth-order valence-electron chi connectivity index (χ4n) is 1.93. The lowest BCUT2D eigenvalue weighted by Gasteiger charge is -2.24. The molecule has 0 spiro atoms. The van der Waals surface area contributed by atoms with Gasteiger partial charge in [-0.15, -0.1) is 0 Å². The van der Waals surface area contributed by atoms with E-state index in [1.807, 2.05) is 42.5 Å². The molecule has 0 bridgehead atoms. The summed E-state index contributed by atoms with van der Waals surface area (Å²) < 4.78 is 0. The molecule has 0 fully saturated rings. The SMILES string of the molecule is N#CC1=CNC(=O)C(C#N)C1c1ccccc1. The summed E-state index contributed by atoms with van der Waals surface area (Å²) in [5.41, 5.74) is 1.21. The Hall–Kier alpha value is -2.59. The first-order valence-corrected chi connectivity index (χ1v) is 5.13. The Morgan fingerprint density at radius 2 is 1.88 bits per heavy atom. The number of carbonyl (C=O) groups is 1. The number of nitriles is 2. The number of benzene rings is 1. The van der Waals surface area contributed by atoms with E-state index in [4.69, 9.17) is 10.5 Å². The van der Waals surface area contributed by atoms with Crippen LogP contribution in [0, 0.1) is 28.6 Å².